The number of rotatable bonds is 5. The molecular weight excluding hydrogens is 496 g/mol. The fraction of sp³-hybridized carbons (Fsp3) is 0.241. The van der Waals surface area contributed by atoms with Crippen LogP contribution in [0.15, 0.2) is 60.8 Å². The van der Waals surface area contributed by atoms with Gasteiger partial charge in [0.05, 0.1) is 11.2 Å². The van der Waals surface area contributed by atoms with E-state index in [0.29, 0.717) is 5.69 Å². The molecule has 0 spiro atoms. The van der Waals surface area contributed by atoms with Gasteiger partial charge in [-0.15, -0.1) is 0 Å². The van der Waals surface area contributed by atoms with E-state index in [1.165, 1.54) is 0 Å². The van der Waals surface area contributed by atoms with E-state index in [1.54, 1.807) is 33.0 Å². The van der Waals surface area contributed by atoms with Gasteiger partial charge in [-0.25, -0.2) is 9.78 Å². The molecule has 0 radical (unpaired) electrons. The molecule has 0 aliphatic rings. The van der Waals surface area contributed by atoms with Crippen molar-refractivity contribution >= 4 is 50.6 Å². The van der Waals surface area contributed by atoms with Gasteiger partial charge in [-0.05, 0) is 51.5 Å². The summed E-state index contributed by atoms with van der Waals surface area (Å²) < 4.78 is 5.36. The predicted octanol–water partition coefficient (Wildman–Crippen LogP) is 4.40. The summed E-state index contributed by atoms with van der Waals surface area (Å²) in [6.45, 7) is 7.03. The maximum Gasteiger partial charge on any atom is 0.408 e. The normalized spacial score (nSPS) is 12.4. The number of nitrogens with zero attached hydrogens (tertiary/aromatic N) is 1. The largest absolute Gasteiger partial charge is 0.444 e. The van der Waals surface area contributed by atoms with Gasteiger partial charge in [0.1, 0.15) is 17.3 Å². The molecule has 3 aromatic heterocycles. The molecule has 2 aromatic carbocycles. The number of aryl methyl sites for hydroxylation is 1. The van der Waals surface area contributed by atoms with Crippen molar-refractivity contribution in [2.45, 2.75) is 45.8 Å². The molecule has 0 aliphatic heterocycles. The van der Waals surface area contributed by atoms with Gasteiger partial charge in [-0.1, -0.05) is 36.4 Å². The van der Waals surface area contributed by atoms with Crippen LogP contribution in [-0.2, 0) is 16.0 Å². The van der Waals surface area contributed by atoms with Gasteiger partial charge in [0.15, 0.2) is 0 Å². The van der Waals surface area contributed by atoms with Crippen molar-refractivity contribution in [3.05, 3.63) is 77.7 Å². The van der Waals surface area contributed by atoms with Crippen LogP contribution in [0, 0.1) is 6.92 Å². The topological polar surface area (TPSA) is 141 Å². The minimum absolute atomic E-state index is 0.151. The van der Waals surface area contributed by atoms with E-state index in [4.69, 9.17) is 4.74 Å². The molecule has 0 fully saturated rings. The highest BCUT2D eigenvalue weighted by molar-refractivity contribution is 6.10. The van der Waals surface area contributed by atoms with E-state index in [1.807, 2.05) is 55.5 Å². The first-order valence-electron chi connectivity index (χ1n) is 12.6. The number of fused-ring (bicyclic) bond motifs is 4. The SMILES string of the molecule is Cc1nc(C(=O)NNC(=O)[C@H](Cc2c[nH]c3ccccc23)NC(=O)OC(C)(C)C)cc2c1[nH]c1ccccc12. The Bertz CT molecular complexity index is 1710. The highest BCUT2D eigenvalue weighted by atomic mass is 16.6. The number of alkyl carbamates (subject to hydrolysis) is 1. The maximum absolute atomic E-state index is 13.2. The lowest BCUT2D eigenvalue weighted by atomic mass is 10.0. The highest BCUT2D eigenvalue weighted by Crippen LogP contribution is 2.27. The number of nitrogens with one attached hydrogen (secondary N) is 5. The Morgan fingerprint density at radius 2 is 1.64 bits per heavy atom. The number of hydrogen-bond donors (Lipinski definition) is 5. The third-order valence-corrected chi connectivity index (χ3v) is 6.32. The zero-order valence-electron chi connectivity index (χ0n) is 22.1. The van der Waals surface area contributed by atoms with E-state index >= 15 is 0 Å². The Balaban J connectivity index is 1.34. The summed E-state index contributed by atoms with van der Waals surface area (Å²) in [6.07, 6.45) is 1.23. The molecule has 5 aromatic rings. The Hall–Kier alpha value is -4.86. The maximum atomic E-state index is 13.2. The second-order valence-electron chi connectivity index (χ2n) is 10.4. The first kappa shape index (κ1) is 25.8. The second kappa shape index (κ2) is 10.1. The summed E-state index contributed by atoms with van der Waals surface area (Å²) >= 11 is 0. The summed E-state index contributed by atoms with van der Waals surface area (Å²) in [5.41, 5.74) is 8.47. The van der Waals surface area contributed by atoms with Crippen LogP contribution in [0.5, 0.6) is 0 Å². The van der Waals surface area contributed by atoms with Crippen molar-refractivity contribution in [2.24, 2.45) is 0 Å². The zero-order chi connectivity index (χ0) is 27.7. The number of carbonyl (C=O) groups is 3. The van der Waals surface area contributed by atoms with Crippen LogP contribution in [0.4, 0.5) is 4.79 Å². The lowest BCUT2D eigenvalue weighted by molar-refractivity contribution is -0.124. The molecule has 0 saturated heterocycles. The molecule has 0 bridgehead atoms. The molecular formula is C29H30N6O4. The van der Waals surface area contributed by atoms with Gasteiger partial charge < -0.3 is 20.0 Å². The number of pyridine rings is 1. The number of hydrazine groups is 1. The van der Waals surface area contributed by atoms with Crippen LogP contribution in [0.1, 0.15) is 42.5 Å². The third-order valence-electron chi connectivity index (χ3n) is 6.32. The molecule has 3 heterocycles. The average molecular weight is 527 g/mol. The number of hydrogen-bond acceptors (Lipinski definition) is 5. The summed E-state index contributed by atoms with van der Waals surface area (Å²) in [5.74, 6) is -1.19. The summed E-state index contributed by atoms with van der Waals surface area (Å²) in [7, 11) is 0. The van der Waals surface area contributed by atoms with Crippen molar-refractivity contribution in [3.8, 4) is 0 Å². The molecule has 3 amide bonds. The fourth-order valence-corrected chi connectivity index (χ4v) is 4.57. The molecule has 5 N–H and O–H groups in total. The Kier molecular flexibility index (Phi) is 6.69. The fourth-order valence-electron chi connectivity index (χ4n) is 4.57. The highest BCUT2D eigenvalue weighted by Gasteiger charge is 2.26. The van der Waals surface area contributed by atoms with E-state index in [2.05, 4.69) is 31.1 Å². The Morgan fingerprint density at radius 3 is 2.38 bits per heavy atom. The molecule has 10 heteroatoms. The van der Waals surface area contributed by atoms with Gasteiger partial charge >= 0.3 is 6.09 Å². The number of ether oxygens (including phenoxy) is 1. The molecule has 0 aliphatic carbocycles. The van der Waals surface area contributed by atoms with Gasteiger partial charge in [-0.3, -0.25) is 20.4 Å². The summed E-state index contributed by atoms with van der Waals surface area (Å²) in [5, 5.41) is 5.39. The van der Waals surface area contributed by atoms with E-state index in [9.17, 15) is 14.4 Å². The van der Waals surface area contributed by atoms with Crippen molar-refractivity contribution in [1.29, 1.82) is 0 Å². The van der Waals surface area contributed by atoms with Gasteiger partial charge in [0.25, 0.3) is 11.8 Å². The van der Waals surface area contributed by atoms with Gasteiger partial charge in [0, 0.05) is 39.8 Å². The second-order valence-corrected chi connectivity index (χ2v) is 10.4. The molecule has 1 atom stereocenters. The summed E-state index contributed by atoms with van der Waals surface area (Å²) in [6, 6.07) is 16.1. The van der Waals surface area contributed by atoms with Crippen LogP contribution < -0.4 is 16.2 Å². The Morgan fingerprint density at radius 1 is 0.949 bits per heavy atom. The molecule has 0 unspecified atom stereocenters. The first-order valence-corrected chi connectivity index (χ1v) is 12.6. The smallest absolute Gasteiger partial charge is 0.408 e. The number of carbonyl (C=O) groups excluding carboxylic acids is 3. The number of aromatic nitrogens is 3. The third kappa shape index (κ3) is 5.54. The summed E-state index contributed by atoms with van der Waals surface area (Å²) in [4.78, 5) is 49.7. The lowest BCUT2D eigenvalue weighted by Gasteiger charge is -2.23. The van der Waals surface area contributed by atoms with E-state index in [0.717, 1.165) is 38.3 Å². The lowest BCUT2D eigenvalue weighted by Crippen LogP contribution is -2.53. The van der Waals surface area contributed by atoms with Crippen LogP contribution in [0.3, 0.4) is 0 Å². The molecule has 10 nitrogen and oxygen atoms in total. The standard InChI is InChI=1S/C29H30N6O4/c1-16-25-20(19-10-6-8-12-22(19)32-25)14-24(31-16)27(37)35-34-26(36)23(33-28(38)39-29(2,3)4)13-17-15-30-21-11-7-5-9-18(17)21/h5-12,14-15,23,30,32H,13H2,1-4H3,(H,33,38)(H,34,36)(H,35,37)/t23-/m0/s1. The monoisotopic (exact) mass is 526 g/mol. The van der Waals surface area contributed by atoms with Crippen LogP contribution in [-0.4, -0.2) is 44.5 Å². The predicted molar refractivity (Wildman–Crippen MR) is 149 cm³/mol. The van der Waals surface area contributed by atoms with Crippen molar-refractivity contribution in [1.82, 2.24) is 31.1 Å². The number of amides is 3. The Labute approximate surface area is 224 Å². The first-order chi connectivity index (χ1) is 18.6. The van der Waals surface area contributed by atoms with Crippen molar-refractivity contribution in [3.63, 3.8) is 0 Å². The average Bonchev–Trinajstić information content (AvgIpc) is 3.47. The van der Waals surface area contributed by atoms with Gasteiger partial charge in [0.2, 0.25) is 0 Å². The van der Waals surface area contributed by atoms with Crippen molar-refractivity contribution < 1.29 is 19.1 Å². The number of aromatic amines is 2. The molecule has 200 valence electrons. The number of H-pyrrole nitrogens is 2. The molecule has 5 rings (SSSR count). The number of benzene rings is 2. The van der Waals surface area contributed by atoms with E-state index < -0.39 is 29.6 Å². The van der Waals surface area contributed by atoms with Crippen LogP contribution in [0.2, 0.25) is 0 Å². The van der Waals surface area contributed by atoms with E-state index in [-0.39, 0.29) is 12.1 Å². The van der Waals surface area contributed by atoms with Crippen LogP contribution in [0.25, 0.3) is 32.7 Å². The quantitative estimate of drug-likeness (QED) is 0.216. The molecule has 39 heavy (non-hydrogen) atoms. The minimum Gasteiger partial charge on any atom is -0.444 e. The number of para-hydroxylation sites is 2. The van der Waals surface area contributed by atoms with Gasteiger partial charge in [-0.2, -0.15) is 0 Å². The zero-order valence-corrected chi connectivity index (χ0v) is 22.1. The van der Waals surface area contributed by atoms with Crippen molar-refractivity contribution in [2.75, 3.05) is 0 Å². The van der Waals surface area contributed by atoms with Crippen LogP contribution >= 0.6 is 0 Å². The minimum atomic E-state index is -1.02. The molecule has 0 saturated carbocycles.